The van der Waals surface area contributed by atoms with E-state index >= 15 is 0 Å². The summed E-state index contributed by atoms with van der Waals surface area (Å²) in [6, 6.07) is 0. The molecular weight excluding hydrogens is 424 g/mol. The van der Waals surface area contributed by atoms with E-state index in [9.17, 15) is 20.1 Å². The Kier molecular flexibility index (Phi) is 5.70. The van der Waals surface area contributed by atoms with E-state index in [0.29, 0.717) is 29.6 Å². The Labute approximate surface area is 206 Å². The summed E-state index contributed by atoms with van der Waals surface area (Å²) in [6.45, 7) is 14.4. The molecule has 3 N–H and O–H groups in total. The number of rotatable bonds is 2. The van der Waals surface area contributed by atoms with Crippen LogP contribution in [-0.4, -0.2) is 34.0 Å². The lowest BCUT2D eigenvalue weighted by Crippen LogP contribution is -2.65. The average Bonchev–Trinajstić information content (AvgIpc) is 2.78. The van der Waals surface area contributed by atoms with Crippen molar-refractivity contribution in [3.63, 3.8) is 0 Å². The van der Waals surface area contributed by atoms with Crippen molar-refractivity contribution in [3.8, 4) is 0 Å². The van der Waals surface area contributed by atoms with Gasteiger partial charge in [-0.2, -0.15) is 0 Å². The van der Waals surface area contributed by atoms with E-state index in [1.54, 1.807) is 5.57 Å². The molecule has 1 unspecified atom stereocenters. The molecule has 5 aliphatic carbocycles. The van der Waals surface area contributed by atoms with E-state index in [-0.39, 0.29) is 34.7 Å². The van der Waals surface area contributed by atoms with Crippen molar-refractivity contribution in [2.45, 2.75) is 99.0 Å². The topological polar surface area (TPSA) is 77.8 Å². The first-order valence-corrected chi connectivity index (χ1v) is 14.1. The Morgan fingerprint density at radius 2 is 1.74 bits per heavy atom. The van der Waals surface area contributed by atoms with Crippen molar-refractivity contribution in [3.05, 3.63) is 11.6 Å². The molecule has 0 aromatic rings. The highest BCUT2D eigenvalue weighted by molar-refractivity contribution is 5.71. The third kappa shape index (κ3) is 2.93. The summed E-state index contributed by atoms with van der Waals surface area (Å²) in [4.78, 5) is 12.2. The zero-order valence-corrected chi connectivity index (χ0v) is 22.3. The number of allylic oxidation sites excluding steroid dienone is 2. The second kappa shape index (κ2) is 7.81. The van der Waals surface area contributed by atoms with Crippen molar-refractivity contribution in [2.24, 2.45) is 63.1 Å². The number of carbonyl (C=O) groups is 1. The largest absolute Gasteiger partial charge is 0.481 e. The van der Waals surface area contributed by atoms with Gasteiger partial charge in [-0.25, -0.2) is 0 Å². The third-order valence-corrected chi connectivity index (χ3v) is 13.4. The molecule has 0 radical (unpaired) electrons. The quantitative estimate of drug-likeness (QED) is 0.436. The zero-order chi connectivity index (χ0) is 24.8. The standard InChI is InChI=1S/C30H48O4/c1-17-15-20(26(33)34)19-9-13-29(5)21(25(19)18(17)2)7-8-23-27(3)12-11-24(32)28(4,16-31)22(27)10-14-30(23,29)6/h7,17-20,22-25,31-32H,8-16H2,1-6H3,(H,33,34)/t17-,18+,19?,20-,22-,23-,24+,25-,27+,28+,29-,30-/m1/s1. The summed E-state index contributed by atoms with van der Waals surface area (Å²) in [6.07, 6.45) is 10.2. The van der Waals surface area contributed by atoms with E-state index < -0.39 is 17.5 Å². The Morgan fingerprint density at radius 3 is 2.38 bits per heavy atom. The fraction of sp³-hybridized carbons (Fsp3) is 0.900. The van der Waals surface area contributed by atoms with Gasteiger partial charge in [0.1, 0.15) is 0 Å². The third-order valence-electron chi connectivity index (χ3n) is 13.4. The summed E-state index contributed by atoms with van der Waals surface area (Å²) in [7, 11) is 0. The van der Waals surface area contributed by atoms with Crippen LogP contribution in [0.1, 0.15) is 92.9 Å². The number of carboxylic acid groups (broad SMARTS) is 1. The van der Waals surface area contributed by atoms with Crippen LogP contribution >= 0.6 is 0 Å². The van der Waals surface area contributed by atoms with Crippen LogP contribution in [0.5, 0.6) is 0 Å². The monoisotopic (exact) mass is 472 g/mol. The second-order valence-electron chi connectivity index (χ2n) is 14.3. The second-order valence-corrected chi connectivity index (χ2v) is 14.3. The van der Waals surface area contributed by atoms with Crippen LogP contribution in [-0.2, 0) is 4.79 Å². The van der Waals surface area contributed by atoms with Crippen molar-refractivity contribution in [2.75, 3.05) is 6.61 Å². The summed E-state index contributed by atoms with van der Waals surface area (Å²) >= 11 is 0. The van der Waals surface area contributed by atoms with Gasteiger partial charge in [0.05, 0.1) is 18.6 Å². The normalized spacial score (nSPS) is 56.9. The molecule has 12 atom stereocenters. The fourth-order valence-electron chi connectivity index (χ4n) is 10.9. The predicted molar refractivity (Wildman–Crippen MR) is 134 cm³/mol. The van der Waals surface area contributed by atoms with Crippen molar-refractivity contribution in [1.82, 2.24) is 0 Å². The molecule has 192 valence electrons. The lowest BCUT2D eigenvalue weighted by molar-refractivity contribution is -0.214. The molecule has 0 aromatic carbocycles. The number of carboxylic acids is 1. The number of hydrogen-bond acceptors (Lipinski definition) is 3. The van der Waals surface area contributed by atoms with Gasteiger partial charge in [0.25, 0.3) is 0 Å². The van der Waals surface area contributed by atoms with Crippen molar-refractivity contribution < 1.29 is 20.1 Å². The average molecular weight is 473 g/mol. The van der Waals surface area contributed by atoms with Crippen LogP contribution in [0.25, 0.3) is 0 Å². The molecule has 0 spiro atoms. The number of hydrogen-bond donors (Lipinski definition) is 3. The summed E-state index contributed by atoms with van der Waals surface area (Å²) in [5, 5.41) is 31.4. The highest BCUT2D eigenvalue weighted by atomic mass is 16.4. The molecule has 4 fully saturated rings. The van der Waals surface area contributed by atoms with E-state index in [1.165, 1.54) is 0 Å². The molecule has 5 rings (SSSR count). The molecule has 0 saturated heterocycles. The van der Waals surface area contributed by atoms with Crippen LogP contribution in [0.15, 0.2) is 11.6 Å². The Hall–Kier alpha value is -0.870. The van der Waals surface area contributed by atoms with Crippen molar-refractivity contribution >= 4 is 5.97 Å². The van der Waals surface area contributed by atoms with E-state index in [0.717, 1.165) is 51.4 Å². The highest BCUT2D eigenvalue weighted by Gasteiger charge is 2.68. The Morgan fingerprint density at radius 1 is 1.03 bits per heavy atom. The summed E-state index contributed by atoms with van der Waals surface area (Å²) < 4.78 is 0. The van der Waals surface area contributed by atoms with E-state index in [4.69, 9.17) is 0 Å². The first kappa shape index (κ1) is 24.8. The van der Waals surface area contributed by atoms with Crippen LogP contribution < -0.4 is 0 Å². The minimum Gasteiger partial charge on any atom is -0.481 e. The Balaban J connectivity index is 1.57. The van der Waals surface area contributed by atoms with Gasteiger partial charge in [-0.3, -0.25) is 4.79 Å². The molecule has 4 nitrogen and oxygen atoms in total. The van der Waals surface area contributed by atoms with Gasteiger partial charge in [0, 0.05) is 5.41 Å². The first-order chi connectivity index (χ1) is 15.8. The molecule has 4 saturated carbocycles. The molecule has 5 aliphatic rings. The Bertz CT molecular complexity index is 881. The SMILES string of the molecule is C[C@H]1[C@H](C)C[C@@H](C(=O)O)C2CC[C@]3(C)C(=CC[C@@H]4[C@@]5(C)CC[C@H](O)[C@@](C)(CO)[C@@H]5CC[C@]43C)[C@@H]21. The number of aliphatic carboxylic acids is 1. The van der Waals surface area contributed by atoms with Gasteiger partial charge in [-0.15, -0.1) is 0 Å². The minimum absolute atomic E-state index is 0.0615. The number of aliphatic hydroxyl groups excluding tert-OH is 2. The number of aliphatic hydroxyl groups is 2. The molecular formula is C30H48O4. The molecule has 0 aromatic heterocycles. The molecule has 0 aliphatic heterocycles. The first-order valence-electron chi connectivity index (χ1n) is 14.1. The van der Waals surface area contributed by atoms with Gasteiger partial charge in [-0.1, -0.05) is 53.2 Å². The molecule has 0 bridgehead atoms. The zero-order valence-electron chi connectivity index (χ0n) is 22.3. The minimum atomic E-state index is -0.588. The molecule has 0 heterocycles. The van der Waals surface area contributed by atoms with Crippen LogP contribution in [0.2, 0.25) is 0 Å². The fourth-order valence-corrected chi connectivity index (χ4v) is 10.9. The number of fused-ring (bicyclic) bond motifs is 7. The van der Waals surface area contributed by atoms with Gasteiger partial charge in [-0.05, 0) is 103 Å². The van der Waals surface area contributed by atoms with E-state index in [1.807, 2.05) is 0 Å². The van der Waals surface area contributed by atoms with E-state index in [2.05, 4.69) is 47.6 Å². The molecule has 34 heavy (non-hydrogen) atoms. The van der Waals surface area contributed by atoms with Gasteiger partial charge in [0.2, 0.25) is 0 Å². The van der Waals surface area contributed by atoms with Crippen LogP contribution in [0.4, 0.5) is 0 Å². The molecule has 4 heteroatoms. The summed E-state index contributed by atoms with van der Waals surface area (Å²) in [5.41, 5.74) is 1.56. The maximum Gasteiger partial charge on any atom is 0.306 e. The van der Waals surface area contributed by atoms with Gasteiger partial charge in [0.15, 0.2) is 0 Å². The predicted octanol–water partition coefficient (Wildman–Crippen LogP) is 5.92. The maximum atomic E-state index is 12.2. The van der Waals surface area contributed by atoms with Crippen LogP contribution in [0.3, 0.4) is 0 Å². The summed E-state index contributed by atoms with van der Waals surface area (Å²) in [5.74, 6) is 1.72. The van der Waals surface area contributed by atoms with Gasteiger partial charge < -0.3 is 15.3 Å². The van der Waals surface area contributed by atoms with Gasteiger partial charge >= 0.3 is 5.97 Å². The van der Waals surface area contributed by atoms with Crippen LogP contribution in [0, 0.1) is 63.1 Å². The van der Waals surface area contributed by atoms with Crippen molar-refractivity contribution in [1.29, 1.82) is 0 Å². The smallest absolute Gasteiger partial charge is 0.306 e. The lowest BCUT2D eigenvalue weighted by Gasteiger charge is -2.71. The lowest BCUT2D eigenvalue weighted by atomic mass is 9.34. The maximum absolute atomic E-state index is 12.2. The highest BCUT2D eigenvalue weighted by Crippen LogP contribution is 2.74. The molecule has 0 amide bonds.